The quantitative estimate of drug-likeness (QED) is 0.805. The fourth-order valence-electron chi connectivity index (χ4n) is 6.45. The summed E-state index contributed by atoms with van der Waals surface area (Å²) in [5, 5.41) is 20.1. The molecule has 5 heteroatoms. The van der Waals surface area contributed by atoms with Gasteiger partial charge in [0.15, 0.2) is 0 Å². The zero-order valence-corrected chi connectivity index (χ0v) is 16.9. The van der Waals surface area contributed by atoms with Crippen LogP contribution in [-0.4, -0.2) is 39.6 Å². The van der Waals surface area contributed by atoms with Gasteiger partial charge in [-0.2, -0.15) is 5.26 Å². The van der Waals surface area contributed by atoms with Crippen LogP contribution in [0.1, 0.15) is 66.7 Å². The second-order valence-corrected chi connectivity index (χ2v) is 10.3. The molecule has 0 radical (unpaired) electrons. The van der Waals surface area contributed by atoms with E-state index in [1.807, 2.05) is 13.8 Å². The molecular formula is C21H35N3O2. The Kier molecular flexibility index (Phi) is 4.90. The maximum Gasteiger partial charge on any atom is 0.241 e. The zero-order valence-electron chi connectivity index (χ0n) is 16.9. The highest BCUT2D eigenvalue weighted by atomic mass is 16.3. The normalized spacial score (nSPS) is 43.5. The third-order valence-electron chi connectivity index (χ3n) is 7.09. The van der Waals surface area contributed by atoms with E-state index in [2.05, 4.69) is 26.8 Å². The molecule has 3 fully saturated rings. The van der Waals surface area contributed by atoms with E-state index in [-0.39, 0.29) is 18.0 Å². The molecule has 1 heterocycles. The zero-order chi connectivity index (χ0) is 19.4. The summed E-state index contributed by atoms with van der Waals surface area (Å²) in [6.07, 6.45) is 4.18. The molecule has 7 atom stereocenters. The molecule has 2 aliphatic carbocycles. The van der Waals surface area contributed by atoms with Crippen LogP contribution in [0.5, 0.6) is 0 Å². The number of hydrogen-bond acceptors (Lipinski definition) is 4. The fraction of sp³-hybridized carbons (Fsp3) is 0.905. The summed E-state index contributed by atoms with van der Waals surface area (Å²) >= 11 is 0. The lowest BCUT2D eigenvalue weighted by Crippen LogP contribution is -2.58. The molecule has 5 nitrogen and oxygen atoms in total. The van der Waals surface area contributed by atoms with Crippen LogP contribution in [-0.2, 0) is 4.79 Å². The Morgan fingerprint density at radius 2 is 1.88 bits per heavy atom. The van der Waals surface area contributed by atoms with Gasteiger partial charge in [-0.25, -0.2) is 0 Å². The van der Waals surface area contributed by atoms with Gasteiger partial charge in [-0.15, -0.1) is 0 Å². The Balaban J connectivity index is 1.88. The maximum atomic E-state index is 13.5. The molecular weight excluding hydrogens is 326 g/mol. The van der Waals surface area contributed by atoms with E-state index in [4.69, 9.17) is 5.73 Å². The molecule has 1 amide bonds. The van der Waals surface area contributed by atoms with Gasteiger partial charge in [0.1, 0.15) is 6.04 Å². The molecule has 3 rings (SSSR count). The van der Waals surface area contributed by atoms with Gasteiger partial charge in [-0.05, 0) is 75.0 Å². The lowest BCUT2D eigenvalue weighted by Gasteiger charge is -2.49. The number of nitriles is 1. The molecule has 146 valence electrons. The van der Waals surface area contributed by atoms with E-state index in [1.165, 1.54) is 0 Å². The van der Waals surface area contributed by atoms with Gasteiger partial charge in [-0.3, -0.25) is 4.79 Å². The molecule has 0 aromatic heterocycles. The van der Waals surface area contributed by atoms with Crippen molar-refractivity contribution < 1.29 is 9.90 Å². The van der Waals surface area contributed by atoms with Gasteiger partial charge in [0.2, 0.25) is 5.91 Å². The van der Waals surface area contributed by atoms with Crippen molar-refractivity contribution in [2.75, 3.05) is 0 Å². The molecule has 0 aromatic carbocycles. The molecule has 26 heavy (non-hydrogen) atoms. The van der Waals surface area contributed by atoms with Crippen molar-refractivity contribution in [1.82, 2.24) is 4.90 Å². The number of rotatable bonds is 4. The number of amides is 1. The number of aliphatic hydroxyl groups is 1. The average molecular weight is 362 g/mol. The predicted molar refractivity (Wildman–Crippen MR) is 101 cm³/mol. The minimum atomic E-state index is -0.871. The van der Waals surface area contributed by atoms with Crippen LogP contribution in [0.25, 0.3) is 0 Å². The Bertz CT molecular complexity index is 595. The summed E-state index contributed by atoms with van der Waals surface area (Å²) in [6, 6.07) is 1.52. The summed E-state index contributed by atoms with van der Waals surface area (Å²) < 4.78 is 0. The summed E-state index contributed by atoms with van der Waals surface area (Å²) in [5.41, 5.74) is 5.40. The van der Waals surface area contributed by atoms with Gasteiger partial charge in [0.25, 0.3) is 0 Å². The molecule has 7 unspecified atom stereocenters. The number of piperidine rings is 1. The summed E-state index contributed by atoms with van der Waals surface area (Å²) in [4.78, 5) is 15.3. The van der Waals surface area contributed by atoms with Crippen molar-refractivity contribution in [1.29, 1.82) is 5.26 Å². The van der Waals surface area contributed by atoms with Crippen LogP contribution in [0.2, 0.25) is 0 Å². The largest absolute Gasteiger partial charge is 0.390 e. The number of carbonyl (C=O) groups excluding carboxylic acids is 1. The van der Waals surface area contributed by atoms with Crippen LogP contribution >= 0.6 is 0 Å². The Morgan fingerprint density at radius 1 is 1.31 bits per heavy atom. The highest BCUT2D eigenvalue weighted by Gasteiger charge is 2.62. The number of nitrogens with two attached hydrogens (primary N) is 1. The Morgan fingerprint density at radius 3 is 2.38 bits per heavy atom. The number of carbonyl (C=O) groups is 1. The van der Waals surface area contributed by atoms with Gasteiger partial charge >= 0.3 is 0 Å². The topological polar surface area (TPSA) is 90.3 Å². The number of nitrogens with zero attached hydrogens (tertiary/aromatic N) is 2. The third kappa shape index (κ3) is 3.39. The maximum absolute atomic E-state index is 13.5. The molecule has 3 aliphatic rings. The van der Waals surface area contributed by atoms with Crippen molar-refractivity contribution in [3.63, 3.8) is 0 Å². The molecule has 2 saturated carbocycles. The van der Waals surface area contributed by atoms with Gasteiger partial charge in [-0.1, -0.05) is 20.8 Å². The second kappa shape index (κ2) is 6.49. The Hall–Kier alpha value is -1.12. The van der Waals surface area contributed by atoms with Crippen LogP contribution in [0.15, 0.2) is 0 Å². The van der Waals surface area contributed by atoms with E-state index >= 15 is 0 Å². The summed E-state index contributed by atoms with van der Waals surface area (Å²) in [5.74, 6) is 1.84. The van der Waals surface area contributed by atoms with Crippen LogP contribution in [0, 0.1) is 40.4 Å². The van der Waals surface area contributed by atoms with Crippen molar-refractivity contribution in [2.24, 2.45) is 34.8 Å². The lowest BCUT2D eigenvalue weighted by atomic mass is 9.59. The minimum Gasteiger partial charge on any atom is -0.390 e. The first-order valence-corrected chi connectivity index (χ1v) is 10.2. The molecule has 3 N–H and O–H groups in total. The first-order valence-electron chi connectivity index (χ1n) is 10.2. The van der Waals surface area contributed by atoms with E-state index in [9.17, 15) is 15.2 Å². The molecule has 0 spiro atoms. The SMILES string of the molecule is CC1CC(C)CC(CC(C)(C)O)(C(N)C(=O)N2C(C#N)CC3C(C)C32)C1. The van der Waals surface area contributed by atoms with E-state index in [1.54, 1.807) is 4.90 Å². The van der Waals surface area contributed by atoms with Crippen molar-refractivity contribution in [2.45, 2.75) is 90.4 Å². The molecule has 1 aliphatic heterocycles. The molecule has 1 saturated heterocycles. The Labute approximate surface area is 157 Å². The van der Waals surface area contributed by atoms with E-state index < -0.39 is 17.1 Å². The number of fused-ring (bicyclic) bond motifs is 1. The molecule has 0 bridgehead atoms. The highest BCUT2D eigenvalue weighted by molar-refractivity contribution is 5.84. The average Bonchev–Trinajstić information content (AvgIpc) is 2.95. The van der Waals surface area contributed by atoms with Crippen LogP contribution in [0.3, 0.4) is 0 Å². The number of hydrogen-bond donors (Lipinski definition) is 2. The summed E-state index contributed by atoms with van der Waals surface area (Å²) in [6.45, 7) is 10.2. The smallest absolute Gasteiger partial charge is 0.241 e. The fourth-order valence-corrected chi connectivity index (χ4v) is 6.45. The van der Waals surface area contributed by atoms with Crippen LogP contribution < -0.4 is 5.73 Å². The van der Waals surface area contributed by atoms with Gasteiger partial charge < -0.3 is 15.7 Å². The van der Waals surface area contributed by atoms with Crippen LogP contribution in [0.4, 0.5) is 0 Å². The highest BCUT2D eigenvalue weighted by Crippen LogP contribution is 2.55. The predicted octanol–water partition coefficient (Wildman–Crippen LogP) is 2.68. The van der Waals surface area contributed by atoms with E-state index in [0.29, 0.717) is 30.1 Å². The van der Waals surface area contributed by atoms with Crippen molar-refractivity contribution in [3.8, 4) is 6.07 Å². The third-order valence-corrected chi connectivity index (χ3v) is 7.09. The van der Waals surface area contributed by atoms with E-state index in [0.717, 1.165) is 25.7 Å². The number of likely N-dealkylation sites (tertiary alicyclic amines) is 1. The monoisotopic (exact) mass is 361 g/mol. The standard InChI is InChI=1S/C21H35N3O2/c1-12-6-13(2)9-21(8-12,11-20(4,5)26)18(23)19(25)24-15(10-22)7-16-14(3)17(16)24/h12-18,26H,6-9,11,23H2,1-5H3. The minimum absolute atomic E-state index is 0.0704. The molecule has 0 aromatic rings. The first-order chi connectivity index (χ1) is 12.0. The second-order valence-electron chi connectivity index (χ2n) is 10.3. The van der Waals surface area contributed by atoms with Crippen molar-refractivity contribution in [3.05, 3.63) is 0 Å². The summed E-state index contributed by atoms with van der Waals surface area (Å²) in [7, 11) is 0. The van der Waals surface area contributed by atoms with Crippen molar-refractivity contribution >= 4 is 5.91 Å². The lowest BCUT2D eigenvalue weighted by molar-refractivity contribution is -0.140. The van der Waals surface area contributed by atoms with Gasteiger partial charge in [0.05, 0.1) is 17.7 Å². The first kappa shape index (κ1) is 19.6. The van der Waals surface area contributed by atoms with Gasteiger partial charge in [0, 0.05) is 6.04 Å².